The van der Waals surface area contributed by atoms with Crippen molar-refractivity contribution in [3.05, 3.63) is 64.4 Å². The highest BCUT2D eigenvalue weighted by Gasteiger charge is 2.04. The average molecular weight is 328 g/mol. The van der Waals surface area contributed by atoms with Crippen LogP contribution in [0.15, 0.2) is 53.3 Å². The fourth-order valence-corrected chi connectivity index (χ4v) is 2.42. The van der Waals surface area contributed by atoms with Gasteiger partial charge >= 0.3 is 0 Å². The van der Waals surface area contributed by atoms with Crippen LogP contribution in [0.1, 0.15) is 11.1 Å². The standard InChI is InChI=1S/C16H14BrN3/c1-11-2-4-12(5-3-11)9-18-16-14-8-13(17)6-7-15(14)19-10-20-16/h2-8,10H,9H2,1H3,(H,18,19,20). The van der Waals surface area contributed by atoms with Gasteiger partial charge in [0, 0.05) is 16.4 Å². The molecule has 0 aliphatic carbocycles. The van der Waals surface area contributed by atoms with E-state index in [2.05, 4.69) is 62.4 Å². The van der Waals surface area contributed by atoms with Gasteiger partial charge in [-0.25, -0.2) is 9.97 Å². The number of hydrogen-bond acceptors (Lipinski definition) is 3. The first-order valence-corrected chi connectivity index (χ1v) is 7.21. The van der Waals surface area contributed by atoms with Gasteiger partial charge in [0.15, 0.2) is 0 Å². The van der Waals surface area contributed by atoms with Crippen LogP contribution in [0.3, 0.4) is 0 Å². The van der Waals surface area contributed by atoms with E-state index in [1.807, 2.05) is 18.2 Å². The van der Waals surface area contributed by atoms with Crippen molar-refractivity contribution in [2.45, 2.75) is 13.5 Å². The molecule has 0 radical (unpaired) electrons. The highest BCUT2D eigenvalue weighted by Crippen LogP contribution is 2.23. The summed E-state index contributed by atoms with van der Waals surface area (Å²) in [6.07, 6.45) is 1.59. The fourth-order valence-electron chi connectivity index (χ4n) is 2.06. The molecule has 100 valence electrons. The second-order valence-corrected chi connectivity index (χ2v) is 5.64. The minimum atomic E-state index is 0.749. The second kappa shape index (κ2) is 5.59. The zero-order valence-corrected chi connectivity index (χ0v) is 12.7. The summed E-state index contributed by atoms with van der Waals surface area (Å²) in [5.74, 6) is 0.858. The maximum atomic E-state index is 4.34. The maximum absolute atomic E-state index is 4.34. The van der Waals surface area contributed by atoms with Crippen molar-refractivity contribution in [3.63, 3.8) is 0 Å². The summed E-state index contributed by atoms with van der Waals surface area (Å²) >= 11 is 3.49. The summed E-state index contributed by atoms with van der Waals surface area (Å²) in [5.41, 5.74) is 3.44. The van der Waals surface area contributed by atoms with Gasteiger partial charge in [-0.05, 0) is 30.7 Å². The predicted molar refractivity (Wildman–Crippen MR) is 85.7 cm³/mol. The summed E-state index contributed by atoms with van der Waals surface area (Å²) in [6.45, 7) is 2.84. The van der Waals surface area contributed by atoms with Gasteiger partial charge in [-0.1, -0.05) is 45.8 Å². The molecule has 0 amide bonds. The third-order valence-electron chi connectivity index (χ3n) is 3.18. The molecule has 2 aromatic carbocycles. The van der Waals surface area contributed by atoms with E-state index in [4.69, 9.17) is 0 Å². The SMILES string of the molecule is Cc1ccc(CNc2ncnc3ccc(Br)cc23)cc1. The normalized spacial score (nSPS) is 10.7. The van der Waals surface area contributed by atoms with Gasteiger partial charge < -0.3 is 5.32 Å². The molecule has 0 saturated heterocycles. The van der Waals surface area contributed by atoms with Crippen molar-refractivity contribution in [3.8, 4) is 0 Å². The molecule has 1 heterocycles. The molecule has 3 rings (SSSR count). The van der Waals surface area contributed by atoms with E-state index in [1.54, 1.807) is 6.33 Å². The maximum Gasteiger partial charge on any atom is 0.137 e. The van der Waals surface area contributed by atoms with Gasteiger partial charge in [-0.15, -0.1) is 0 Å². The topological polar surface area (TPSA) is 37.8 Å². The Morgan fingerprint density at radius 1 is 1.05 bits per heavy atom. The molecule has 1 N–H and O–H groups in total. The zero-order chi connectivity index (χ0) is 13.9. The lowest BCUT2D eigenvalue weighted by Crippen LogP contribution is -2.02. The van der Waals surface area contributed by atoms with E-state index in [0.29, 0.717) is 0 Å². The Morgan fingerprint density at radius 2 is 1.85 bits per heavy atom. The van der Waals surface area contributed by atoms with Crippen LogP contribution >= 0.6 is 15.9 Å². The third-order valence-corrected chi connectivity index (χ3v) is 3.67. The Labute approximate surface area is 126 Å². The quantitative estimate of drug-likeness (QED) is 0.778. The highest BCUT2D eigenvalue weighted by atomic mass is 79.9. The van der Waals surface area contributed by atoms with E-state index in [-0.39, 0.29) is 0 Å². The molecular weight excluding hydrogens is 314 g/mol. The first-order valence-electron chi connectivity index (χ1n) is 6.42. The molecular formula is C16H14BrN3. The lowest BCUT2D eigenvalue weighted by molar-refractivity contribution is 1.10. The number of aryl methyl sites for hydroxylation is 1. The lowest BCUT2D eigenvalue weighted by Gasteiger charge is -2.09. The van der Waals surface area contributed by atoms with Crippen molar-refractivity contribution >= 4 is 32.7 Å². The van der Waals surface area contributed by atoms with E-state index in [9.17, 15) is 0 Å². The number of anilines is 1. The predicted octanol–water partition coefficient (Wildman–Crippen LogP) is 4.31. The number of rotatable bonds is 3. The third kappa shape index (κ3) is 2.80. The smallest absolute Gasteiger partial charge is 0.137 e. The van der Waals surface area contributed by atoms with Crippen molar-refractivity contribution in [1.29, 1.82) is 0 Å². The molecule has 1 aromatic heterocycles. The van der Waals surface area contributed by atoms with Crippen LogP contribution in [0.4, 0.5) is 5.82 Å². The number of halogens is 1. The summed E-state index contributed by atoms with van der Waals surface area (Å²) in [6, 6.07) is 14.5. The van der Waals surface area contributed by atoms with Crippen LogP contribution < -0.4 is 5.32 Å². The van der Waals surface area contributed by atoms with E-state index < -0.39 is 0 Å². The van der Waals surface area contributed by atoms with Crippen LogP contribution in [0.2, 0.25) is 0 Å². The van der Waals surface area contributed by atoms with Crippen LogP contribution in [0.25, 0.3) is 10.9 Å². The van der Waals surface area contributed by atoms with Gasteiger partial charge in [0.05, 0.1) is 5.52 Å². The number of fused-ring (bicyclic) bond motifs is 1. The van der Waals surface area contributed by atoms with Gasteiger partial charge in [-0.3, -0.25) is 0 Å². The Morgan fingerprint density at radius 3 is 2.65 bits per heavy atom. The molecule has 0 aliphatic heterocycles. The van der Waals surface area contributed by atoms with Gasteiger partial charge in [-0.2, -0.15) is 0 Å². The van der Waals surface area contributed by atoms with Gasteiger partial charge in [0.2, 0.25) is 0 Å². The van der Waals surface area contributed by atoms with Crippen LogP contribution in [0, 0.1) is 6.92 Å². The summed E-state index contributed by atoms with van der Waals surface area (Å²) in [4.78, 5) is 8.62. The van der Waals surface area contributed by atoms with Crippen molar-refractivity contribution < 1.29 is 0 Å². The first kappa shape index (κ1) is 13.1. The molecule has 3 aromatic rings. The first-order chi connectivity index (χ1) is 9.72. The van der Waals surface area contributed by atoms with Gasteiger partial charge in [0.25, 0.3) is 0 Å². The van der Waals surface area contributed by atoms with Crippen molar-refractivity contribution in [1.82, 2.24) is 9.97 Å². The average Bonchev–Trinajstić information content (AvgIpc) is 2.47. The molecule has 0 bridgehead atoms. The van der Waals surface area contributed by atoms with Crippen molar-refractivity contribution in [2.24, 2.45) is 0 Å². The largest absolute Gasteiger partial charge is 0.365 e. The summed E-state index contributed by atoms with van der Waals surface area (Å²) in [5, 5.41) is 4.40. The number of benzene rings is 2. The molecule has 0 atom stereocenters. The molecule has 0 saturated carbocycles. The Kier molecular flexibility index (Phi) is 3.65. The number of nitrogens with zero attached hydrogens (tertiary/aromatic N) is 2. The molecule has 0 unspecified atom stereocenters. The number of aromatic nitrogens is 2. The molecule has 20 heavy (non-hydrogen) atoms. The van der Waals surface area contributed by atoms with E-state index in [1.165, 1.54) is 11.1 Å². The minimum absolute atomic E-state index is 0.749. The second-order valence-electron chi connectivity index (χ2n) is 4.72. The summed E-state index contributed by atoms with van der Waals surface area (Å²) in [7, 11) is 0. The molecule has 0 aliphatic rings. The Bertz CT molecular complexity index is 738. The van der Waals surface area contributed by atoms with Crippen LogP contribution in [-0.4, -0.2) is 9.97 Å². The fraction of sp³-hybridized carbons (Fsp3) is 0.125. The van der Waals surface area contributed by atoms with E-state index in [0.717, 1.165) is 27.7 Å². The highest BCUT2D eigenvalue weighted by molar-refractivity contribution is 9.10. The molecule has 3 nitrogen and oxygen atoms in total. The minimum Gasteiger partial charge on any atom is -0.365 e. The molecule has 0 spiro atoms. The zero-order valence-electron chi connectivity index (χ0n) is 11.1. The monoisotopic (exact) mass is 327 g/mol. The lowest BCUT2D eigenvalue weighted by atomic mass is 10.1. The number of nitrogens with one attached hydrogen (secondary N) is 1. The van der Waals surface area contributed by atoms with E-state index >= 15 is 0 Å². The Hall–Kier alpha value is -1.94. The van der Waals surface area contributed by atoms with Gasteiger partial charge in [0.1, 0.15) is 12.1 Å². The van der Waals surface area contributed by atoms with Crippen LogP contribution in [-0.2, 0) is 6.54 Å². The number of hydrogen-bond donors (Lipinski definition) is 1. The summed E-state index contributed by atoms with van der Waals surface area (Å²) < 4.78 is 1.03. The van der Waals surface area contributed by atoms with Crippen molar-refractivity contribution in [2.75, 3.05) is 5.32 Å². The molecule has 4 heteroatoms. The Balaban J connectivity index is 1.87. The van der Waals surface area contributed by atoms with Crippen LogP contribution in [0.5, 0.6) is 0 Å². The molecule has 0 fully saturated rings.